The lowest BCUT2D eigenvalue weighted by molar-refractivity contribution is -0.194. The van der Waals surface area contributed by atoms with E-state index in [9.17, 15) is 20.4 Å². The van der Waals surface area contributed by atoms with E-state index in [1.807, 2.05) is 0 Å². The molecule has 0 unspecified atom stereocenters. The summed E-state index contributed by atoms with van der Waals surface area (Å²) < 4.78 is 5.06. The Balaban J connectivity index is 1.78. The van der Waals surface area contributed by atoms with Gasteiger partial charge in [-0.1, -0.05) is 24.3 Å². The summed E-state index contributed by atoms with van der Waals surface area (Å²) >= 11 is 0. The van der Waals surface area contributed by atoms with Gasteiger partial charge in [-0.3, -0.25) is 4.90 Å². The number of piperidine rings is 1. The lowest BCUT2D eigenvalue weighted by Crippen LogP contribution is -2.61. The van der Waals surface area contributed by atoms with Crippen LogP contribution < -0.4 is 0 Å². The van der Waals surface area contributed by atoms with Crippen molar-refractivity contribution in [3.8, 4) is 0 Å². The Bertz CT molecular complexity index is 467. The number of methoxy groups -OCH3 is 1. The summed E-state index contributed by atoms with van der Waals surface area (Å²) in [6, 6.07) is 8.36. The van der Waals surface area contributed by atoms with Gasteiger partial charge in [0.1, 0.15) is 18.4 Å². The SMILES string of the molecule is COCCc1ccc(CCCN2C[C@H](O)[C@@H](O)[C@H](O)[C@H]2O)cc1. The predicted octanol–water partition coefficient (Wildman–Crippen LogP) is -0.475. The van der Waals surface area contributed by atoms with Gasteiger partial charge in [-0.2, -0.15) is 0 Å². The smallest absolute Gasteiger partial charge is 0.136 e. The van der Waals surface area contributed by atoms with E-state index < -0.39 is 24.5 Å². The van der Waals surface area contributed by atoms with Crippen molar-refractivity contribution in [1.29, 1.82) is 0 Å². The number of nitrogens with zero attached hydrogens (tertiary/aromatic N) is 1. The predicted molar refractivity (Wildman–Crippen MR) is 85.9 cm³/mol. The number of β-amino-alcohol motifs (C(OH)–C–C–N with tert-alkyl or cyclic N) is 1. The number of ether oxygens (including phenoxy) is 1. The van der Waals surface area contributed by atoms with E-state index >= 15 is 0 Å². The fourth-order valence-corrected chi connectivity index (χ4v) is 2.88. The molecule has 4 N–H and O–H groups in total. The molecule has 130 valence electrons. The van der Waals surface area contributed by atoms with Crippen LogP contribution in [-0.2, 0) is 17.6 Å². The van der Waals surface area contributed by atoms with Crippen LogP contribution >= 0.6 is 0 Å². The van der Waals surface area contributed by atoms with E-state index in [-0.39, 0.29) is 6.54 Å². The van der Waals surface area contributed by atoms with Crippen LogP contribution in [0.25, 0.3) is 0 Å². The van der Waals surface area contributed by atoms with E-state index in [0.29, 0.717) is 13.2 Å². The van der Waals surface area contributed by atoms with Crippen LogP contribution in [0.1, 0.15) is 17.5 Å². The first kappa shape index (κ1) is 18.3. The van der Waals surface area contributed by atoms with Gasteiger partial charge in [0.25, 0.3) is 0 Å². The molecule has 0 radical (unpaired) electrons. The number of aliphatic hydroxyl groups excluding tert-OH is 4. The second-order valence-electron chi connectivity index (χ2n) is 6.12. The molecule has 1 aliphatic rings. The third-order valence-corrected chi connectivity index (χ3v) is 4.37. The Morgan fingerprint density at radius 3 is 2.22 bits per heavy atom. The molecule has 6 nitrogen and oxygen atoms in total. The fourth-order valence-electron chi connectivity index (χ4n) is 2.88. The summed E-state index contributed by atoms with van der Waals surface area (Å²) in [6.07, 6.45) is -2.25. The second kappa shape index (κ2) is 8.73. The molecule has 0 bridgehead atoms. The van der Waals surface area contributed by atoms with Crippen molar-refractivity contribution in [3.05, 3.63) is 35.4 Å². The summed E-state index contributed by atoms with van der Waals surface area (Å²) in [7, 11) is 1.69. The van der Waals surface area contributed by atoms with Crippen molar-refractivity contribution in [3.63, 3.8) is 0 Å². The number of likely N-dealkylation sites (tertiary alicyclic amines) is 1. The zero-order valence-electron chi connectivity index (χ0n) is 13.5. The molecule has 4 atom stereocenters. The lowest BCUT2D eigenvalue weighted by atomic mass is 9.99. The average Bonchev–Trinajstić information content (AvgIpc) is 2.56. The number of aryl methyl sites for hydroxylation is 1. The molecule has 6 heteroatoms. The third-order valence-electron chi connectivity index (χ3n) is 4.37. The number of aliphatic hydroxyl groups is 4. The van der Waals surface area contributed by atoms with Crippen molar-refractivity contribution in [2.24, 2.45) is 0 Å². The third kappa shape index (κ3) is 4.97. The highest BCUT2D eigenvalue weighted by Gasteiger charge is 2.39. The van der Waals surface area contributed by atoms with Gasteiger partial charge in [-0.15, -0.1) is 0 Å². The Labute approximate surface area is 136 Å². The highest BCUT2D eigenvalue weighted by Crippen LogP contribution is 2.18. The Kier molecular flexibility index (Phi) is 6.95. The van der Waals surface area contributed by atoms with Crippen molar-refractivity contribution in [1.82, 2.24) is 4.90 Å². The van der Waals surface area contributed by atoms with Crippen LogP contribution in [-0.4, -0.2) is 76.7 Å². The maximum atomic E-state index is 9.93. The zero-order valence-corrected chi connectivity index (χ0v) is 13.5. The molecule has 1 aromatic carbocycles. The van der Waals surface area contributed by atoms with Crippen LogP contribution in [0, 0.1) is 0 Å². The first-order valence-electron chi connectivity index (χ1n) is 8.06. The summed E-state index contributed by atoms with van der Waals surface area (Å²) in [6.45, 7) is 1.42. The average molecular weight is 325 g/mol. The van der Waals surface area contributed by atoms with Crippen LogP contribution in [0.4, 0.5) is 0 Å². The normalized spacial score (nSPS) is 28.9. The highest BCUT2D eigenvalue weighted by atomic mass is 16.5. The second-order valence-corrected chi connectivity index (χ2v) is 6.12. The molecular weight excluding hydrogens is 298 g/mol. The molecule has 0 spiro atoms. The molecule has 1 saturated heterocycles. The maximum Gasteiger partial charge on any atom is 0.136 e. The first-order valence-corrected chi connectivity index (χ1v) is 8.06. The van der Waals surface area contributed by atoms with Gasteiger partial charge in [0.2, 0.25) is 0 Å². The fraction of sp³-hybridized carbons (Fsp3) is 0.647. The molecular formula is C17H27NO5. The molecule has 0 aliphatic carbocycles. The van der Waals surface area contributed by atoms with Crippen LogP contribution in [0.3, 0.4) is 0 Å². The summed E-state index contributed by atoms with van der Waals surface area (Å²) in [5.74, 6) is 0. The van der Waals surface area contributed by atoms with Crippen molar-refractivity contribution in [2.75, 3.05) is 26.8 Å². The highest BCUT2D eigenvalue weighted by molar-refractivity contribution is 5.22. The van der Waals surface area contributed by atoms with E-state index in [2.05, 4.69) is 24.3 Å². The molecule has 1 fully saturated rings. The standard InChI is InChI=1S/C17H27NO5/c1-23-10-8-13-6-4-12(5-7-13)3-2-9-18-11-14(19)15(20)16(21)17(18)22/h4-7,14-17,19-22H,2-3,8-11H2,1H3/t14-,15+,16-,17+/m0/s1. The van der Waals surface area contributed by atoms with Crippen molar-refractivity contribution < 1.29 is 25.2 Å². The topological polar surface area (TPSA) is 93.4 Å². The monoisotopic (exact) mass is 325 g/mol. The van der Waals surface area contributed by atoms with Gasteiger partial charge in [0.15, 0.2) is 0 Å². The summed E-state index contributed by atoms with van der Waals surface area (Å²) in [5.41, 5.74) is 2.45. The summed E-state index contributed by atoms with van der Waals surface area (Å²) in [4.78, 5) is 1.61. The largest absolute Gasteiger partial charge is 0.389 e. The van der Waals surface area contributed by atoms with Gasteiger partial charge in [-0.05, 0) is 30.4 Å². The number of hydrogen-bond donors (Lipinski definition) is 4. The van der Waals surface area contributed by atoms with E-state index in [1.54, 1.807) is 12.0 Å². The maximum absolute atomic E-state index is 9.93. The van der Waals surface area contributed by atoms with E-state index in [1.165, 1.54) is 11.1 Å². The number of rotatable bonds is 7. The van der Waals surface area contributed by atoms with Crippen LogP contribution in [0.15, 0.2) is 24.3 Å². The van der Waals surface area contributed by atoms with E-state index in [0.717, 1.165) is 19.3 Å². The van der Waals surface area contributed by atoms with Gasteiger partial charge in [-0.25, -0.2) is 0 Å². The first-order chi connectivity index (χ1) is 11.0. The molecule has 2 rings (SSSR count). The van der Waals surface area contributed by atoms with Crippen LogP contribution in [0.5, 0.6) is 0 Å². The van der Waals surface area contributed by atoms with Crippen molar-refractivity contribution in [2.45, 2.75) is 43.8 Å². The summed E-state index contributed by atoms with van der Waals surface area (Å²) in [5, 5.41) is 38.8. The quantitative estimate of drug-likeness (QED) is 0.541. The van der Waals surface area contributed by atoms with Gasteiger partial charge in [0, 0.05) is 20.2 Å². The minimum absolute atomic E-state index is 0.162. The molecule has 0 saturated carbocycles. The minimum atomic E-state index is -1.33. The molecule has 1 aliphatic heterocycles. The Morgan fingerprint density at radius 2 is 1.61 bits per heavy atom. The Morgan fingerprint density at radius 1 is 1.00 bits per heavy atom. The van der Waals surface area contributed by atoms with Gasteiger partial charge in [0.05, 0.1) is 12.7 Å². The molecule has 23 heavy (non-hydrogen) atoms. The Hall–Kier alpha value is -1.02. The van der Waals surface area contributed by atoms with Gasteiger partial charge < -0.3 is 25.2 Å². The van der Waals surface area contributed by atoms with E-state index in [4.69, 9.17) is 4.74 Å². The molecule has 1 aromatic rings. The molecule has 1 heterocycles. The minimum Gasteiger partial charge on any atom is -0.389 e. The van der Waals surface area contributed by atoms with Gasteiger partial charge >= 0.3 is 0 Å². The van der Waals surface area contributed by atoms with Crippen molar-refractivity contribution >= 4 is 0 Å². The number of benzene rings is 1. The number of hydrogen-bond acceptors (Lipinski definition) is 6. The zero-order chi connectivity index (χ0) is 16.8. The molecule has 0 amide bonds. The van der Waals surface area contributed by atoms with Crippen LogP contribution in [0.2, 0.25) is 0 Å². The molecule has 0 aromatic heterocycles. The lowest BCUT2D eigenvalue weighted by Gasteiger charge is -2.41.